The van der Waals surface area contributed by atoms with Crippen molar-refractivity contribution in [3.63, 3.8) is 0 Å². The Labute approximate surface area is 169 Å². The number of carboxylic acids is 1. The number of carboxylic acid groups (broad SMARTS) is 1. The van der Waals surface area contributed by atoms with Crippen LogP contribution in [0.2, 0.25) is 0 Å². The van der Waals surface area contributed by atoms with E-state index in [4.69, 9.17) is 5.11 Å². The first-order chi connectivity index (χ1) is 13.2. The van der Waals surface area contributed by atoms with E-state index in [1.54, 1.807) is 0 Å². The van der Waals surface area contributed by atoms with E-state index in [1.165, 1.54) is 0 Å². The standard InChI is InChI=1S/C17H30N4O6S/c1-9(2)6-11(19-14(23)10-4-3-5-18-10)15(24)20-12(7-22)16(25)21-13(8-28)17(26)27/h9-13,18,22,28H,3-8H2,1-2H3,(H,19,23)(H,20,24)(H,21,25)(H,26,27). The normalized spacial score (nSPS) is 19.5. The second kappa shape index (κ2) is 11.9. The Morgan fingerprint density at radius 3 is 2.14 bits per heavy atom. The van der Waals surface area contributed by atoms with Crippen LogP contribution >= 0.6 is 12.6 Å². The van der Waals surface area contributed by atoms with Crippen LogP contribution in [0.3, 0.4) is 0 Å². The average molecular weight is 419 g/mol. The summed E-state index contributed by atoms with van der Waals surface area (Å²) >= 11 is 3.85. The Morgan fingerprint density at radius 2 is 1.68 bits per heavy atom. The first-order valence-electron chi connectivity index (χ1n) is 9.28. The summed E-state index contributed by atoms with van der Waals surface area (Å²) in [6.45, 7) is 3.80. The van der Waals surface area contributed by atoms with Crippen LogP contribution in [0, 0.1) is 5.92 Å². The van der Waals surface area contributed by atoms with Gasteiger partial charge in [0.05, 0.1) is 12.6 Å². The van der Waals surface area contributed by atoms with E-state index >= 15 is 0 Å². The number of carbonyl (C=O) groups excluding carboxylic acids is 3. The van der Waals surface area contributed by atoms with Crippen molar-refractivity contribution < 1.29 is 29.4 Å². The monoisotopic (exact) mass is 418 g/mol. The van der Waals surface area contributed by atoms with Crippen molar-refractivity contribution in [1.29, 1.82) is 0 Å². The van der Waals surface area contributed by atoms with Gasteiger partial charge in [-0.1, -0.05) is 13.8 Å². The molecule has 0 saturated carbocycles. The minimum atomic E-state index is -1.34. The van der Waals surface area contributed by atoms with Gasteiger partial charge >= 0.3 is 5.97 Å². The van der Waals surface area contributed by atoms with Gasteiger partial charge < -0.3 is 31.5 Å². The lowest BCUT2D eigenvalue weighted by atomic mass is 10.0. The van der Waals surface area contributed by atoms with Gasteiger partial charge in [0.25, 0.3) is 0 Å². The van der Waals surface area contributed by atoms with E-state index in [0.29, 0.717) is 12.8 Å². The van der Waals surface area contributed by atoms with E-state index in [9.17, 15) is 24.3 Å². The van der Waals surface area contributed by atoms with Crippen LogP contribution in [-0.4, -0.2) is 77.0 Å². The van der Waals surface area contributed by atoms with Gasteiger partial charge in [0.15, 0.2) is 0 Å². The molecule has 0 aliphatic carbocycles. The molecule has 1 fully saturated rings. The zero-order chi connectivity index (χ0) is 21.3. The van der Waals surface area contributed by atoms with Crippen LogP contribution in [0.25, 0.3) is 0 Å². The molecule has 0 bridgehead atoms. The Morgan fingerprint density at radius 1 is 1.07 bits per heavy atom. The van der Waals surface area contributed by atoms with E-state index in [1.807, 2.05) is 13.8 Å². The predicted molar refractivity (Wildman–Crippen MR) is 105 cm³/mol. The molecule has 0 aromatic carbocycles. The third kappa shape index (κ3) is 7.64. The molecule has 3 amide bonds. The lowest BCUT2D eigenvalue weighted by Gasteiger charge is -2.25. The molecule has 1 saturated heterocycles. The number of carbonyl (C=O) groups is 4. The zero-order valence-corrected chi connectivity index (χ0v) is 17.0. The molecule has 4 atom stereocenters. The largest absolute Gasteiger partial charge is 0.480 e. The number of thiol groups is 1. The molecule has 0 spiro atoms. The van der Waals surface area contributed by atoms with Gasteiger partial charge in [0.1, 0.15) is 18.1 Å². The molecule has 0 radical (unpaired) electrons. The summed E-state index contributed by atoms with van der Waals surface area (Å²) in [5.41, 5.74) is 0. The van der Waals surface area contributed by atoms with Crippen molar-refractivity contribution in [3.8, 4) is 0 Å². The van der Waals surface area contributed by atoms with Crippen LogP contribution in [0.15, 0.2) is 0 Å². The summed E-state index contributed by atoms with van der Waals surface area (Å²) in [6, 6.07) is -3.82. The van der Waals surface area contributed by atoms with Gasteiger partial charge in [-0.2, -0.15) is 12.6 Å². The summed E-state index contributed by atoms with van der Waals surface area (Å²) in [7, 11) is 0. The van der Waals surface area contributed by atoms with Gasteiger partial charge in [-0.25, -0.2) is 4.79 Å². The lowest BCUT2D eigenvalue weighted by molar-refractivity contribution is -0.142. The molecule has 1 aliphatic rings. The quantitative estimate of drug-likeness (QED) is 0.196. The topological polar surface area (TPSA) is 157 Å². The van der Waals surface area contributed by atoms with Crippen LogP contribution in [0.5, 0.6) is 0 Å². The molecule has 1 aliphatic heterocycles. The van der Waals surface area contributed by atoms with Crippen LogP contribution in [-0.2, 0) is 19.2 Å². The Hall–Kier alpha value is -1.85. The molecular weight excluding hydrogens is 388 g/mol. The van der Waals surface area contributed by atoms with Crippen molar-refractivity contribution in [3.05, 3.63) is 0 Å². The maximum absolute atomic E-state index is 12.6. The van der Waals surface area contributed by atoms with E-state index in [2.05, 4.69) is 33.9 Å². The summed E-state index contributed by atoms with van der Waals surface area (Å²) in [5, 5.41) is 28.8. The number of aliphatic hydroxyl groups excluding tert-OH is 1. The van der Waals surface area contributed by atoms with E-state index in [-0.39, 0.29) is 23.6 Å². The minimum absolute atomic E-state index is 0.0922. The molecule has 11 heteroatoms. The first-order valence-corrected chi connectivity index (χ1v) is 9.91. The van der Waals surface area contributed by atoms with Crippen molar-refractivity contribution in [2.24, 2.45) is 5.92 Å². The third-order valence-corrected chi connectivity index (χ3v) is 4.69. The summed E-state index contributed by atoms with van der Waals surface area (Å²) in [6.07, 6.45) is 1.91. The van der Waals surface area contributed by atoms with Crippen LogP contribution in [0.1, 0.15) is 33.1 Å². The second-order valence-electron chi connectivity index (χ2n) is 7.17. The number of aliphatic carboxylic acids is 1. The Kier molecular flexibility index (Phi) is 10.3. The Bertz CT molecular complexity index is 568. The van der Waals surface area contributed by atoms with E-state index in [0.717, 1.165) is 13.0 Å². The fourth-order valence-electron chi connectivity index (χ4n) is 2.81. The Balaban J connectivity index is 2.75. The highest BCUT2D eigenvalue weighted by Crippen LogP contribution is 2.09. The molecule has 6 N–H and O–H groups in total. The van der Waals surface area contributed by atoms with Crippen molar-refractivity contribution in [1.82, 2.24) is 21.3 Å². The number of rotatable bonds is 11. The second-order valence-corrected chi connectivity index (χ2v) is 7.53. The molecule has 10 nitrogen and oxygen atoms in total. The van der Waals surface area contributed by atoms with Crippen LogP contribution in [0.4, 0.5) is 0 Å². The average Bonchev–Trinajstić information content (AvgIpc) is 3.17. The SMILES string of the molecule is CC(C)CC(NC(=O)C1CCCN1)C(=O)NC(CO)C(=O)NC(CS)C(=O)O. The smallest absolute Gasteiger partial charge is 0.327 e. The summed E-state index contributed by atoms with van der Waals surface area (Å²) in [5.74, 6) is -3.08. The number of aliphatic hydroxyl groups is 1. The number of hydrogen-bond donors (Lipinski definition) is 7. The molecule has 1 heterocycles. The van der Waals surface area contributed by atoms with Crippen molar-refractivity contribution in [2.45, 2.75) is 57.3 Å². The number of amides is 3. The van der Waals surface area contributed by atoms with Gasteiger partial charge in [-0.15, -0.1) is 0 Å². The number of nitrogens with one attached hydrogen (secondary N) is 4. The highest BCUT2D eigenvalue weighted by molar-refractivity contribution is 7.80. The van der Waals surface area contributed by atoms with Crippen molar-refractivity contribution in [2.75, 3.05) is 18.9 Å². The molecular formula is C17H30N4O6S. The highest BCUT2D eigenvalue weighted by atomic mass is 32.1. The highest BCUT2D eigenvalue weighted by Gasteiger charge is 2.31. The van der Waals surface area contributed by atoms with E-state index < -0.39 is 42.5 Å². The molecule has 0 aromatic heterocycles. The maximum Gasteiger partial charge on any atom is 0.327 e. The molecule has 4 unspecified atom stereocenters. The summed E-state index contributed by atoms with van der Waals surface area (Å²) < 4.78 is 0. The van der Waals surface area contributed by atoms with Crippen LogP contribution < -0.4 is 21.3 Å². The first kappa shape index (κ1) is 24.2. The zero-order valence-electron chi connectivity index (χ0n) is 16.1. The third-order valence-electron chi connectivity index (χ3n) is 4.33. The number of hydrogen-bond acceptors (Lipinski definition) is 7. The van der Waals surface area contributed by atoms with Gasteiger partial charge in [-0.05, 0) is 31.7 Å². The predicted octanol–water partition coefficient (Wildman–Crippen LogP) is -1.75. The molecule has 0 aromatic rings. The minimum Gasteiger partial charge on any atom is -0.480 e. The fourth-order valence-corrected chi connectivity index (χ4v) is 3.06. The van der Waals surface area contributed by atoms with Gasteiger partial charge in [0.2, 0.25) is 17.7 Å². The van der Waals surface area contributed by atoms with Gasteiger partial charge in [0, 0.05) is 5.75 Å². The molecule has 28 heavy (non-hydrogen) atoms. The maximum atomic E-state index is 12.6. The lowest BCUT2D eigenvalue weighted by Crippen LogP contribution is -2.58. The summed E-state index contributed by atoms with van der Waals surface area (Å²) in [4.78, 5) is 48.1. The molecule has 1 rings (SSSR count). The fraction of sp³-hybridized carbons (Fsp3) is 0.765. The van der Waals surface area contributed by atoms with Gasteiger partial charge in [-0.3, -0.25) is 14.4 Å². The molecule has 160 valence electrons. The van der Waals surface area contributed by atoms with Crippen molar-refractivity contribution >= 4 is 36.3 Å².